The third-order valence-electron chi connectivity index (χ3n) is 6.09. The van der Waals surface area contributed by atoms with E-state index < -0.39 is 6.36 Å². The Bertz CT molecular complexity index is 1620. The van der Waals surface area contributed by atoms with Gasteiger partial charge in [-0.05, 0) is 84.4 Å². The van der Waals surface area contributed by atoms with Crippen LogP contribution in [0.4, 0.5) is 24.5 Å². The Kier molecular flexibility index (Phi) is 7.79. The first kappa shape index (κ1) is 26.9. The molecule has 0 saturated carbocycles. The van der Waals surface area contributed by atoms with Gasteiger partial charge < -0.3 is 15.4 Å². The number of hydrogen-bond acceptors (Lipinski definition) is 4. The molecule has 0 aliphatic rings. The lowest BCUT2D eigenvalue weighted by molar-refractivity contribution is -0.274. The van der Waals surface area contributed by atoms with Crippen molar-refractivity contribution in [3.05, 3.63) is 109 Å². The lowest BCUT2D eigenvalue weighted by Gasteiger charge is -2.16. The summed E-state index contributed by atoms with van der Waals surface area (Å²) in [5.41, 5.74) is 6.50. The van der Waals surface area contributed by atoms with E-state index in [0.717, 1.165) is 34.5 Å². The van der Waals surface area contributed by atoms with E-state index in [9.17, 15) is 13.2 Å². The molecule has 0 amide bonds. The average Bonchev–Trinajstić information content (AvgIpc) is 3.44. The number of halogens is 3. The molecule has 0 aliphatic carbocycles. The van der Waals surface area contributed by atoms with Gasteiger partial charge in [-0.2, -0.15) is 0 Å². The second-order valence-corrected chi connectivity index (χ2v) is 9.18. The number of benzene rings is 4. The highest BCUT2D eigenvalue weighted by Crippen LogP contribution is 2.31. The number of nitrogens with one attached hydrogen (secondary N) is 2. The summed E-state index contributed by atoms with van der Waals surface area (Å²) in [6.45, 7) is 2.14. The zero-order valence-corrected chi connectivity index (χ0v) is 22.1. The van der Waals surface area contributed by atoms with E-state index in [1.807, 2.05) is 54.6 Å². The van der Waals surface area contributed by atoms with Crippen molar-refractivity contribution >= 4 is 28.7 Å². The minimum absolute atomic E-state index is 0.304. The van der Waals surface area contributed by atoms with Crippen LogP contribution in [0.5, 0.6) is 5.75 Å². The number of alkyl halides is 3. The zero-order chi connectivity index (χ0) is 28.1. The maximum Gasteiger partial charge on any atom is 0.573 e. The smallest absolute Gasteiger partial charge is 0.406 e. The summed E-state index contributed by atoms with van der Waals surface area (Å²) in [6, 6.07) is 29.2. The predicted octanol–water partition coefficient (Wildman–Crippen LogP) is 7.87. The van der Waals surface area contributed by atoms with Gasteiger partial charge in [0.05, 0.1) is 5.69 Å². The van der Waals surface area contributed by atoms with Crippen LogP contribution in [-0.2, 0) is 6.42 Å². The van der Waals surface area contributed by atoms with E-state index in [1.165, 1.54) is 40.8 Å². The number of aromatic nitrogens is 3. The van der Waals surface area contributed by atoms with Crippen LogP contribution in [0.2, 0.25) is 0 Å². The summed E-state index contributed by atoms with van der Waals surface area (Å²) < 4.78 is 42.6. The van der Waals surface area contributed by atoms with Gasteiger partial charge in [-0.3, -0.25) is 0 Å². The molecule has 10 heteroatoms. The van der Waals surface area contributed by atoms with Crippen LogP contribution in [0.3, 0.4) is 0 Å². The van der Waals surface area contributed by atoms with Crippen molar-refractivity contribution in [1.82, 2.24) is 14.8 Å². The topological polar surface area (TPSA) is 64.0 Å². The van der Waals surface area contributed by atoms with Gasteiger partial charge in [0.2, 0.25) is 0 Å². The zero-order valence-electron chi connectivity index (χ0n) is 21.3. The summed E-state index contributed by atoms with van der Waals surface area (Å²) in [7, 11) is 0. The van der Waals surface area contributed by atoms with Crippen molar-refractivity contribution in [3.8, 4) is 34.0 Å². The van der Waals surface area contributed by atoms with Gasteiger partial charge in [0.25, 0.3) is 0 Å². The van der Waals surface area contributed by atoms with Gasteiger partial charge >= 0.3 is 6.36 Å². The molecule has 202 valence electrons. The maximum absolute atomic E-state index is 12.4. The number of ether oxygens (including phenoxy) is 1. The maximum atomic E-state index is 12.4. The van der Waals surface area contributed by atoms with Crippen molar-refractivity contribution in [1.29, 1.82) is 0 Å². The van der Waals surface area contributed by atoms with Gasteiger partial charge in [-0.25, -0.2) is 9.67 Å². The summed E-state index contributed by atoms with van der Waals surface area (Å²) in [5, 5.41) is 11.4. The van der Waals surface area contributed by atoms with E-state index >= 15 is 0 Å². The first-order chi connectivity index (χ1) is 19.3. The Morgan fingerprint density at radius 3 is 2.23 bits per heavy atom. The third-order valence-corrected chi connectivity index (χ3v) is 6.30. The molecule has 0 atom stereocenters. The van der Waals surface area contributed by atoms with E-state index in [4.69, 9.17) is 12.2 Å². The molecule has 1 aromatic heterocycles. The van der Waals surface area contributed by atoms with Gasteiger partial charge in [0.1, 0.15) is 12.1 Å². The second kappa shape index (κ2) is 11.6. The number of nitrogens with zero attached hydrogens (tertiary/aromatic N) is 3. The van der Waals surface area contributed by atoms with Crippen LogP contribution in [-0.4, -0.2) is 26.2 Å². The molecule has 0 unspecified atom stereocenters. The van der Waals surface area contributed by atoms with E-state index in [0.29, 0.717) is 16.6 Å². The van der Waals surface area contributed by atoms with Crippen molar-refractivity contribution in [3.63, 3.8) is 0 Å². The molecular formula is C30H24F3N5OS. The first-order valence-corrected chi connectivity index (χ1v) is 12.8. The summed E-state index contributed by atoms with van der Waals surface area (Å²) in [5.74, 6) is 0.160. The molecule has 5 rings (SSSR count). The van der Waals surface area contributed by atoms with Gasteiger partial charge in [0.15, 0.2) is 10.9 Å². The number of thiocarbonyl (C=S) groups is 1. The van der Waals surface area contributed by atoms with Crippen LogP contribution < -0.4 is 15.4 Å². The minimum atomic E-state index is -4.74. The van der Waals surface area contributed by atoms with Crippen LogP contribution in [0, 0.1) is 0 Å². The second-order valence-electron chi connectivity index (χ2n) is 8.77. The molecule has 0 bridgehead atoms. The SMILES string of the molecule is CCc1ccccc1-c1ccccc1NC(=S)Nc1ccc(-c2ncn(-c3ccc(OC(F)(F)F)cc3)n2)cc1. The Morgan fingerprint density at radius 1 is 0.850 bits per heavy atom. The number of rotatable bonds is 7. The van der Waals surface area contributed by atoms with E-state index in [1.54, 1.807) is 0 Å². The van der Waals surface area contributed by atoms with Crippen LogP contribution in [0.1, 0.15) is 12.5 Å². The standard InChI is InChI=1S/C30H24F3N5OS/c1-2-20-7-3-4-8-25(20)26-9-5-6-10-27(26)36-29(40)35-22-13-11-21(12-14-22)28-34-19-38(37-28)23-15-17-24(18-16-23)39-30(31,32)33/h3-19H,2H2,1H3,(H2,35,36,40). The fourth-order valence-electron chi connectivity index (χ4n) is 4.23. The molecule has 0 fully saturated rings. The molecule has 0 radical (unpaired) electrons. The molecule has 4 aromatic carbocycles. The number of anilines is 2. The Morgan fingerprint density at radius 2 is 1.52 bits per heavy atom. The average molecular weight is 560 g/mol. The van der Waals surface area contributed by atoms with Crippen LogP contribution >= 0.6 is 12.2 Å². The fraction of sp³-hybridized carbons (Fsp3) is 0.100. The summed E-state index contributed by atoms with van der Waals surface area (Å²) in [6.07, 6.45) is -2.32. The lowest BCUT2D eigenvalue weighted by Crippen LogP contribution is -2.19. The summed E-state index contributed by atoms with van der Waals surface area (Å²) >= 11 is 5.59. The number of para-hydroxylation sites is 1. The third kappa shape index (κ3) is 6.47. The Hall–Kier alpha value is -4.70. The van der Waals surface area contributed by atoms with E-state index in [-0.39, 0.29) is 5.75 Å². The van der Waals surface area contributed by atoms with Crippen LogP contribution in [0.15, 0.2) is 103 Å². The molecule has 0 saturated heterocycles. The monoisotopic (exact) mass is 559 g/mol. The highest BCUT2D eigenvalue weighted by atomic mass is 32.1. The van der Waals surface area contributed by atoms with Gasteiger partial charge in [0, 0.05) is 22.5 Å². The molecule has 40 heavy (non-hydrogen) atoms. The van der Waals surface area contributed by atoms with Crippen LogP contribution in [0.25, 0.3) is 28.2 Å². The minimum Gasteiger partial charge on any atom is -0.406 e. The lowest BCUT2D eigenvalue weighted by atomic mass is 9.97. The van der Waals surface area contributed by atoms with E-state index in [2.05, 4.69) is 50.6 Å². The van der Waals surface area contributed by atoms with Gasteiger partial charge in [-0.1, -0.05) is 49.4 Å². The normalized spacial score (nSPS) is 11.2. The molecule has 0 aliphatic heterocycles. The first-order valence-electron chi connectivity index (χ1n) is 12.4. The summed E-state index contributed by atoms with van der Waals surface area (Å²) in [4.78, 5) is 4.33. The molecule has 6 nitrogen and oxygen atoms in total. The highest BCUT2D eigenvalue weighted by Gasteiger charge is 2.31. The van der Waals surface area contributed by atoms with Crippen molar-refractivity contribution < 1.29 is 17.9 Å². The number of hydrogen-bond donors (Lipinski definition) is 2. The Balaban J connectivity index is 1.25. The quantitative estimate of drug-likeness (QED) is 0.198. The van der Waals surface area contributed by atoms with Crippen molar-refractivity contribution in [2.45, 2.75) is 19.7 Å². The largest absolute Gasteiger partial charge is 0.573 e. The molecule has 2 N–H and O–H groups in total. The molecular weight excluding hydrogens is 535 g/mol. The Labute approximate surface area is 234 Å². The van der Waals surface area contributed by atoms with Crippen molar-refractivity contribution in [2.24, 2.45) is 0 Å². The number of aryl methyl sites for hydroxylation is 1. The van der Waals surface area contributed by atoms with Gasteiger partial charge in [-0.15, -0.1) is 18.3 Å². The highest BCUT2D eigenvalue weighted by molar-refractivity contribution is 7.80. The fourth-order valence-corrected chi connectivity index (χ4v) is 4.45. The molecule has 1 heterocycles. The predicted molar refractivity (Wildman–Crippen MR) is 155 cm³/mol. The van der Waals surface area contributed by atoms with Crippen molar-refractivity contribution in [2.75, 3.05) is 10.6 Å². The molecule has 0 spiro atoms. The molecule has 5 aromatic rings.